The molecule has 0 atom stereocenters. The third-order valence-corrected chi connectivity index (χ3v) is 5.32. The first-order valence-electron chi connectivity index (χ1n) is 8.68. The number of methoxy groups -OCH3 is 1. The van der Waals surface area contributed by atoms with Gasteiger partial charge in [0.05, 0.1) is 32.7 Å². The van der Waals surface area contributed by atoms with Gasteiger partial charge in [0.25, 0.3) is 0 Å². The van der Waals surface area contributed by atoms with Crippen LogP contribution in [0.25, 0.3) is 0 Å². The summed E-state index contributed by atoms with van der Waals surface area (Å²) in [4.78, 5) is 13.0. The van der Waals surface area contributed by atoms with Crippen LogP contribution in [0.3, 0.4) is 0 Å². The predicted molar refractivity (Wildman–Crippen MR) is 96.8 cm³/mol. The number of carbonyl (C=O) groups excluding carboxylic acids is 1. The molecule has 0 unspecified atom stereocenters. The monoisotopic (exact) mass is 361 g/mol. The van der Waals surface area contributed by atoms with Crippen molar-refractivity contribution in [2.45, 2.75) is 33.0 Å². The van der Waals surface area contributed by atoms with Gasteiger partial charge in [0, 0.05) is 12.8 Å². The smallest absolute Gasteiger partial charge is 0.309 e. The van der Waals surface area contributed by atoms with Gasteiger partial charge in [-0.3, -0.25) is 9.36 Å². The van der Waals surface area contributed by atoms with Crippen molar-refractivity contribution in [1.82, 2.24) is 14.3 Å². The average Bonchev–Trinajstić information content (AvgIpc) is 2.90. The first-order valence-corrected chi connectivity index (χ1v) is 9.09. The number of rotatable bonds is 5. The van der Waals surface area contributed by atoms with Gasteiger partial charge in [-0.2, -0.15) is 9.78 Å². The summed E-state index contributed by atoms with van der Waals surface area (Å²) in [5.41, 5.74) is 1.22. The Bertz CT molecular complexity index is 776. The van der Waals surface area contributed by atoms with Crippen LogP contribution in [0.15, 0.2) is 30.3 Å². The van der Waals surface area contributed by atoms with Crippen molar-refractivity contribution >= 4 is 18.2 Å². The van der Waals surface area contributed by atoms with E-state index in [2.05, 4.69) is 21.8 Å². The van der Waals surface area contributed by atoms with Gasteiger partial charge in [-0.05, 0) is 24.7 Å². The lowest BCUT2D eigenvalue weighted by Crippen LogP contribution is -3.12. The van der Waals surface area contributed by atoms with Crippen LogP contribution in [-0.2, 0) is 22.7 Å². The van der Waals surface area contributed by atoms with E-state index in [0.717, 1.165) is 49.7 Å². The Morgan fingerprint density at radius 1 is 1.32 bits per heavy atom. The third kappa shape index (κ3) is 4.16. The summed E-state index contributed by atoms with van der Waals surface area (Å²) in [5, 5.41) is 4.63. The van der Waals surface area contributed by atoms with Gasteiger partial charge in [-0.25, -0.2) is 0 Å². The van der Waals surface area contributed by atoms with E-state index in [1.807, 2.05) is 29.8 Å². The molecule has 1 aliphatic rings. The molecule has 0 radical (unpaired) electrons. The number of quaternary nitrogens is 1. The van der Waals surface area contributed by atoms with E-state index in [1.165, 1.54) is 17.6 Å². The van der Waals surface area contributed by atoms with E-state index in [4.69, 9.17) is 17.0 Å². The van der Waals surface area contributed by atoms with Crippen LogP contribution in [0.4, 0.5) is 0 Å². The predicted octanol–water partition coefficient (Wildman–Crippen LogP) is 1.20. The Hall–Kier alpha value is -1.99. The van der Waals surface area contributed by atoms with Crippen LogP contribution < -0.4 is 4.90 Å². The lowest BCUT2D eigenvalue weighted by Gasteiger charge is -2.27. The molecule has 0 bridgehead atoms. The molecule has 1 aromatic carbocycles. The Kier molecular flexibility index (Phi) is 5.65. The van der Waals surface area contributed by atoms with E-state index in [1.54, 1.807) is 0 Å². The fourth-order valence-corrected chi connectivity index (χ4v) is 3.70. The highest BCUT2D eigenvalue weighted by molar-refractivity contribution is 7.71. The molecular weight excluding hydrogens is 336 g/mol. The number of benzene rings is 1. The van der Waals surface area contributed by atoms with Gasteiger partial charge in [-0.1, -0.05) is 30.3 Å². The highest BCUT2D eigenvalue weighted by atomic mass is 32.1. The molecule has 0 amide bonds. The zero-order chi connectivity index (χ0) is 17.8. The zero-order valence-corrected chi connectivity index (χ0v) is 15.6. The van der Waals surface area contributed by atoms with Gasteiger partial charge in [0.15, 0.2) is 6.67 Å². The van der Waals surface area contributed by atoms with E-state index >= 15 is 0 Å². The minimum Gasteiger partial charge on any atom is -0.469 e. The molecule has 0 aliphatic carbocycles. The number of aromatic nitrogens is 3. The van der Waals surface area contributed by atoms with Gasteiger partial charge >= 0.3 is 5.97 Å². The quantitative estimate of drug-likeness (QED) is 0.642. The van der Waals surface area contributed by atoms with Crippen molar-refractivity contribution < 1.29 is 14.4 Å². The summed E-state index contributed by atoms with van der Waals surface area (Å²) in [6, 6.07) is 10.3. The van der Waals surface area contributed by atoms with Crippen molar-refractivity contribution in [3.05, 3.63) is 46.5 Å². The summed E-state index contributed by atoms with van der Waals surface area (Å²) < 4.78 is 9.60. The SMILES string of the molecule is COC(=O)C1CC[NH+](Cn2nc(C)n(Cc3ccccc3)c2=S)CC1. The number of nitrogens with one attached hydrogen (secondary N) is 1. The molecule has 1 saturated heterocycles. The Labute approximate surface area is 153 Å². The largest absolute Gasteiger partial charge is 0.469 e. The molecule has 0 spiro atoms. The number of ether oxygens (including phenoxy) is 1. The van der Waals surface area contributed by atoms with Crippen molar-refractivity contribution in [3.63, 3.8) is 0 Å². The van der Waals surface area contributed by atoms with E-state index in [-0.39, 0.29) is 11.9 Å². The molecule has 2 heterocycles. The second kappa shape index (κ2) is 7.93. The number of likely N-dealkylation sites (tertiary alicyclic amines) is 1. The number of aryl methyl sites for hydroxylation is 1. The fraction of sp³-hybridized carbons (Fsp3) is 0.500. The number of hydrogen-bond acceptors (Lipinski definition) is 4. The molecule has 1 aromatic heterocycles. The molecule has 0 saturated carbocycles. The Balaban J connectivity index is 1.65. The average molecular weight is 361 g/mol. The van der Waals surface area contributed by atoms with Crippen LogP contribution >= 0.6 is 12.2 Å². The Morgan fingerprint density at radius 3 is 2.64 bits per heavy atom. The lowest BCUT2D eigenvalue weighted by molar-refractivity contribution is -0.929. The summed E-state index contributed by atoms with van der Waals surface area (Å²) in [6.07, 6.45) is 1.72. The summed E-state index contributed by atoms with van der Waals surface area (Å²) in [5.74, 6) is 0.885. The summed E-state index contributed by atoms with van der Waals surface area (Å²) in [7, 11) is 1.46. The van der Waals surface area contributed by atoms with Crippen LogP contribution in [0.2, 0.25) is 0 Å². The molecule has 1 aliphatic heterocycles. The molecular formula is C18H25N4O2S+. The fourth-order valence-electron chi connectivity index (χ4n) is 3.40. The van der Waals surface area contributed by atoms with Crippen LogP contribution in [0, 0.1) is 17.6 Å². The van der Waals surface area contributed by atoms with Crippen LogP contribution in [0.5, 0.6) is 0 Å². The van der Waals surface area contributed by atoms with Gasteiger partial charge in [0.1, 0.15) is 5.82 Å². The van der Waals surface area contributed by atoms with E-state index < -0.39 is 0 Å². The maximum absolute atomic E-state index is 11.6. The van der Waals surface area contributed by atoms with E-state index in [9.17, 15) is 4.79 Å². The topological polar surface area (TPSA) is 53.5 Å². The highest BCUT2D eigenvalue weighted by Gasteiger charge is 2.28. The van der Waals surface area contributed by atoms with Crippen LogP contribution in [-0.4, -0.2) is 40.5 Å². The summed E-state index contributed by atoms with van der Waals surface area (Å²) >= 11 is 5.64. The van der Waals surface area contributed by atoms with Crippen molar-refractivity contribution in [1.29, 1.82) is 0 Å². The maximum Gasteiger partial charge on any atom is 0.309 e. The molecule has 7 heteroatoms. The number of carbonyl (C=O) groups is 1. The second-order valence-corrected chi connectivity index (χ2v) is 6.97. The third-order valence-electron chi connectivity index (χ3n) is 4.89. The summed E-state index contributed by atoms with van der Waals surface area (Å²) in [6.45, 7) is 5.35. The van der Waals surface area contributed by atoms with Gasteiger partial charge < -0.3 is 9.64 Å². The number of hydrogen-bond donors (Lipinski definition) is 1. The van der Waals surface area contributed by atoms with Crippen molar-refractivity contribution in [2.75, 3.05) is 20.2 Å². The number of nitrogens with zero attached hydrogens (tertiary/aromatic N) is 3. The van der Waals surface area contributed by atoms with Crippen molar-refractivity contribution in [3.8, 4) is 0 Å². The molecule has 25 heavy (non-hydrogen) atoms. The Morgan fingerprint density at radius 2 is 2.00 bits per heavy atom. The maximum atomic E-state index is 11.6. The zero-order valence-electron chi connectivity index (χ0n) is 14.8. The molecule has 1 N–H and O–H groups in total. The highest BCUT2D eigenvalue weighted by Crippen LogP contribution is 2.11. The van der Waals surface area contributed by atoms with Crippen LogP contribution in [0.1, 0.15) is 24.2 Å². The number of esters is 1. The molecule has 3 rings (SSSR count). The number of piperidine rings is 1. The molecule has 134 valence electrons. The lowest BCUT2D eigenvalue weighted by atomic mass is 9.97. The first kappa shape index (κ1) is 17.8. The second-order valence-electron chi connectivity index (χ2n) is 6.61. The molecule has 2 aromatic rings. The van der Waals surface area contributed by atoms with Gasteiger partial charge in [-0.15, -0.1) is 0 Å². The minimum atomic E-state index is -0.0846. The molecule has 1 fully saturated rings. The van der Waals surface area contributed by atoms with E-state index in [0.29, 0.717) is 0 Å². The van der Waals surface area contributed by atoms with Gasteiger partial charge in [0.2, 0.25) is 4.77 Å². The standard InChI is InChI=1S/C18H24N4O2S/c1-14-19-22(13-20-10-8-16(9-11-20)17(23)24-2)18(25)21(14)12-15-6-4-3-5-7-15/h3-7,16H,8-13H2,1-2H3/p+1. The van der Waals surface area contributed by atoms with Crippen molar-refractivity contribution in [2.24, 2.45) is 5.92 Å². The molecule has 6 nitrogen and oxygen atoms in total. The normalized spacial score (nSPS) is 20.4. The first-order chi connectivity index (χ1) is 12.1. The minimum absolute atomic E-state index is 0.0408.